The second-order valence-corrected chi connectivity index (χ2v) is 11.4. The molecule has 1 aromatic carbocycles. The Hall–Kier alpha value is -1.77. The lowest BCUT2D eigenvalue weighted by Gasteiger charge is -2.34. The van der Waals surface area contributed by atoms with E-state index in [1.165, 1.54) is 63.0 Å². The molecular weight excluding hydrogens is 408 g/mol. The lowest BCUT2D eigenvalue weighted by Crippen LogP contribution is -2.38. The van der Waals surface area contributed by atoms with Gasteiger partial charge in [0.05, 0.1) is 12.0 Å². The number of carbonyl (C=O) groups excluding carboxylic acids is 1. The quantitative estimate of drug-likeness (QED) is 0.284. The third kappa shape index (κ3) is 9.94. The lowest BCUT2D eigenvalue weighted by molar-refractivity contribution is 0.0535. The molecule has 0 aliphatic carbocycles. The first-order valence-electron chi connectivity index (χ1n) is 13.3. The fourth-order valence-corrected chi connectivity index (χ4v) is 4.87. The number of hydrogen-bond acceptors (Lipinski definition) is 3. The van der Waals surface area contributed by atoms with Gasteiger partial charge in [0.1, 0.15) is 17.1 Å². The highest BCUT2D eigenvalue weighted by Gasteiger charge is 2.35. The van der Waals surface area contributed by atoms with E-state index < -0.39 is 5.60 Å². The van der Waals surface area contributed by atoms with Crippen LogP contribution in [0.4, 0.5) is 0 Å². The van der Waals surface area contributed by atoms with Crippen molar-refractivity contribution in [3.8, 4) is 11.5 Å². The van der Waals surface area contributed by atoms with E-state index in [-0.39, 0.29) is 11.5 Å². The van der Waals surface area contributed by atoms with Crippen molar-refractivity contribution in [3.63, 3.8) is 0 Å². The Kier molecular flexibility index (Phi) is 11.0. The second-order valence-electron chi connectivity index (χ2n) is 11.4. The number of carbonyl (C=O) groups is 1. The van der Waals surface area contributed by atoms with E-state index in [0.717, 1.165) is 30.6 Å². The van der Waals surface area contributed by atoms with Crippen LogP contribution in [-0.2, 0) is 0 Å². The minimum atomic E-state index is -0.512. The van der Waals surface area contributed by atoms with Crippen molar-refractivity contribution in [3.05, 3.63) is 35.4 Å². The lowest BCUT2D eigenvalue weighted by atomic mass is 9.87. The van der Waals surface area contributed by atoms with E-state index in [0.29, 0.717) is 17.7 Å². The number of benzene rings is 1. The number of ketones is 1. The summed E-state index contributed by atoms with van der Waals surface area (Å²) in [5.41, 5.74) is 1.36. The van der Waals surface area contributed by atoms with Gasteiger partial charge in [0.2, 0.25) is 0 Å². The SMILES string of the molecule is C/C(=C\CC1(C)CC(=O)c2cc(O)ccc2O1)CCC[C@H](C)CCC[C@H](C)CCCC(C)C. The Balaban J connectivity index is 1.66. The van der Waals surface area contributed by atoms with Crippen LogP contribution in [0.3, 0.4) is 0 Å². The monoisotopic (exact) mass is 456 g/mol. The molecule has 3 heteroatoms. The molecular formula is C30H48O3. The van der Waals surface area contributed by atoms with Crippen LogP contribution >= 0.6 is 0 Å². The average Bonchev–Trinajstić information content (AvgIpc) is 2.73. The fraction of sp³-hybridized carbons (Fsp3) is 0.700. The molecule has 3 nitrogen and oxygen atoms in total. The van der Waals surface area contributed by atoms with Crippen molar-refractivity contribution < 1.29 is 14.6 Å². The molecule has 1 aromatic rings. The van der Waals surface area contributed by atoms with Crippen LogP contribution in [0.2, 0.25) is 0 Å². The highest BCUT2D eigenvalue weighted by atomic mass is 16.5. The molecule has 3 atom stereocenters. The Morgan fingerprint density at radius 2 is 1.64 bits per heavy atom. The zero-order chi connectivity index (χ0) is 24.4. The first kappa shape index (κ1) is 27.5. The summed E-state index contributed by atoms with van der Waals surface area (Å²) < 4.78 is 6.16. The molecule has 0 amide bonds. The number of allylic oxidation sites excluding steroid dienone is 1. The van der Waals surface area contributed by atoms with Gasteiger partial charge in [0, 0.05) is 6.42 Å². The predicted molar refractivity (Wildman–Crippen MR) is 139 cm³/mol. The molecule has 1 aliphatic rings. The average molecular weight is 457 g/mol. The highest BCUT2D eigenvalue weighted by molar-refractivity contribution is 6.00. The van der Waals surface area contributed by atoms with Crippen LogP contribution in [-0.4, -0.2) is 16.5 Å². The van der Waals surface area contributed by atoms with Gasteiger partial charge in [-0.25, -0.2) is 0 Å². The zero-order valence-corrected chi connectivity index (χ0v) is 22.1. The summed E-state index contributed by atoms with van der Waals surface area (Å²) in [5.74, 6) is 3.24. The molecule has 0 fully saturated rings. The van der Waals surface area contributed by atoms with Gasteiger partial charge < -0.3 is 9.84 Å². The van der Waals surface area contributed by atoms with Crippen molar-refractivity contribution in [2.75, 3.05) is 0 Å². The molecule has 1 aliphatic heterocycles. The van der Waals surface area contributed by atoms with Gasteiger partial charge in [0.15, 0.2) is 5.78 Å². The number of ether oxygens (including phenoxy) is 1. The van der Waals surface area contributed by atoms with Gasteiger partial charge >= 0.3 is 0 Å². The van der Waals surface area contributed by atoms with Gasteiger partial charge in [-0.2, -0.15) is 0 Å². The molecule has 1 N–H and O–H groups in total. The molecule has 0 spiro atoms. The predicted octanol–water partition coefficient (Wildman–Crippen LogP) is 8.89. The van der Waals surface area contributed by atoms with Crippen molar-refractivity contribution in [2.45, 2.75) is 118 Å². The highest BCUT2D eigenvalue weighted by Crippen LogP contribution is 2.37. The molecule has 1 unspecified atom stereocenters. The maximum absolute atomic E-state index is 12.5. The summed E-state index contributed by atoms with van der Waals surface area (Å²) in [6.07, 6.45) is 15.2. The van der Waals surface area contributed by atoms with Crippen LogP contribution in [0.1, 0.15) is 123 Å². The fourth-order valence-electron chi connectivity index (χ4n) is 4.87. The number of Topliss-reactive ketones (excluding diaryl/α,β-unsaturated/α-hetero) is 1. The van der Waals surface area contributed by atoms with Gasteiger partial charge in [-0.1, -0.05) is 84.3 Å². The number of aromatic hydroxyl groups is 1. The van der Waals surface area contributed by atoms with Gasteiger partial charge in [-0.15, -0.1) is 0 Å². The van der Waals surface area contributed by atoms with E-state index in [4.69, 9.17) is 4.74 Å². The van der Waals surface area contributed by atoms with Crippen LogP contribution in [0.5, 0.6) is 11.5 Å². The molecule has 33 heavy (non-hydrogen) atoms. The zero-order valence-electron chi connectivity index (χ0n) is 22.1. The van der Waals surface area contributed by atoms with Gasteiger partial charge in [0.25, 0.3) is 0 Å². The second kappa shape index (κ2) is 13.2. The largest absolute Gasteiger partial charge is 0.508 e. The van der Waals surface area contributed by atoms with Gasteiger partial charge in [-0.3, -0.25) is 4.79 Å². The number of fused-ring (bicyclic) bond motifs is 1. The topological polar surface area (TPSA) is 46.5 Å². The van der Waals surface area contributed by atoms with Crippen molar-refractivity contribution in [1.29, 1.82) is 0 Å². The summed E-state index contributed by atoms with van der Waals surface area (Å²) in [5, 5.41) is 9.64. The first-order valence-corrected chi connectivity index (χ1v) is 13.3. The smallest absolute Gasteiger partial charge is 0.170 e. The van der Waals surface area contributed by atoms with E-state index in [2.05, 4.69) is 40.7 Å². The Labute approximate surface area is 203 Å². The Morgan fingerprint density at radius 1 is 1.03 bits per heavy atom. The molecule has 0 radical (unpaired) electrons. The van der Waals surface area contributed by atoms with E-state index in [9.17, 15) is 9.90 Å². The Morgan fingerprint density at radius 3 is 2.27 bits per heavy atom. The number of rotatable bonds is 14. The minimum Gasteiger partial charge on any atom is -0.508 e. The van der Waals surface area contributed by atoms with Crippen LogP contribution < -0.4 is 4.74 Å². The summed E-state index contributed by atoms with van der Waals surface area (Å²) >= 11 is 0. The summed E-state index contributed by atoms with van der Waals surface area (Å²) in [4.78, 5) is 12.5. The normalized spacial score (nSPS) is 20.5. The standard InChI is InChI=1S/C30H48O3/c1-22(2)10-7-11-23(3)12-8-13-24(4)14-9-15-25(5)18-19-30(6)21-28(32)27-20-26(31)16-17-29(27)33-30/h16-18,20,22-24,31H,7-15,19,21H2,1-6H3/b25-18+/t23-,24-,30?/m1/s1. The molecule has 186 valence electrons. The van der Waals surface area contributed by atoms with Crippen molar-refractivity contribution in [2.24, 2.45) is 17.8 Å². The third-order valence-electron chi connectivity index (χ3n) is 7.18. The number of phenolic OH excluding ortho intramolecular Hbond substituents is 1. The van der Waals surface area contributed by atoms with Crippen LogP contribution in [0.15, 0.2) is 29.8 Å². The molecule has 0 aromatic heterocycles. The molecule has 0 saturated carbocycles. The minimum absolute atomic E-state index is 0.0452. The maximum Gasteiger partial charge on any atom is 0.170 e. The molecule has 2 rings (SSSR count). The maximum atomic E-state index is 12.5. The van der Waals surface area contributed by atoms with E-state index in [1.807, 2.05) is 6.92 Å². The molecule has 0 bridgehead atoms. The van der Waals surface area contributed by atoms with Crippen LogP contribution in [0.25, 0.3) is 0 Å². The number of hydrogen-bond donors (Lipinski definition) is 1. The van der Waals surface area contributed by atoms with Crippen LogP contribution in [0, 0.1) is 17.8 Å². The van der Waals surface area contributed by atoms with E-state index in [1.54, 1.807) is 12.1 Å². The first-order chi connectivity index (χ1) is 15.6. The van der Waals surface area contributed by atoms with Crippen molar-refractivity contribution in [1.82, 2.24) is 0 Å². The summed E-state index contributed by atoms with van der Waals surface area (Å²) in [6.45, 7) is 13.7. The van der Waals surface area contributed by atoms with Gasteiger partial charge in [-0.05, 0) is 62.6 Å². The van der Waals surface area contributed by atoms with E-state index >= 15 is 0 Å². The third-order valence-corrected chi connectivity index (χ3v) is 7.18. The molecule has 1 heterocycles. The summed E-state index contributed by atoms with van der Waals surface area (Å²) in [7, 11) is 0. The summed E-state index contributed by atoms with van der Waals surface area (Å²) in [6, 6.07) is 4.78. The number of phenols is 1. The van der Waals surface area contributed by atoms with Crippen molar-refractivity contribution >= 4 is 5.78 Å². The molecule has 0 saturated heterocycles. The Bertz CT molecular complexity index is 779.